The highest BCUT2D eigenvalue weighted by Gasteiger charge is 2.46. The molecule has 326 valence electrons. The quantitative estimate of drug-likeness (QED) is 0.0767. The van der Waals surface area contributed by atoms with Crippen LogP contribution in [0.4, 0.5) is 0 Å². The van der Waals surface area contributed by atoms with Gasteiger partial charge in [-0.3, -0.25) is 4.99 Å². The van der Waals surface area contributed by atoms with Gasteiger partial charge in [0.2, 0.25) is 0 Å². The molecule has 0 aliphatic heterocycles. The molecule has 8 aromatic carbocycles. The second-order valence-corrected chi connectivity index (χ2v) is 17.9. The lowest BCUT2D eigenvalue weighted by atomic mass is 9.67. The summed E-state index contributed by atoms with van der Waals surface area (Å²) in [4.78, 5) is 14.6. The minimum absolute atomic E-state index is 0.297. The van der Waals surface area contributed by atoms with Crippen molar-refractivity contribution in [2.24, 2.45) is 15.0 Å². The van der Waals surface area contributed by atoms with E-state index in [0.29, 0.717) is 23.8 Å². The Balaban J connectivity index is 1.17. The lowest BCUT2D eigenvalue weighted by Gasteiger charge is -2.34. The molecule has 0 N–H and O–H groups in total. The van der Waals surface area contributed by atoms with E-state index in [1.54, 1.807) is 6.08 Å². The maximum absolute atomic E-state index is 9.82. The summed E-state index contributed by atoms with van der Waals surface area (Å²) in [5.41, 5.74) is 19.1. The maximum Gasteiger partial charge on any atom is 0.161 e. The van der Waals surface area contributed by atoms with Gasteiger partial charge >= 0.3 is 0 Å². The fourth-order valence-corrected chi connectivity index (χ4v) is 10.4. The molecule has 0 spiro atoms. The average Bonchev–Trinajstić information content (AvgIpc) is 3.82. The highest BCUT2D eigenvalue weighted by molar-refractivity contribution is 6.13. The molecule has 2 aliphatic carbocycles. The number of fused-ring (bicyclic) bond motifs is 6. The van der Waals surface area contributed by atoms with Crippen LogP contribution in [0.3, 0.4) is 0 Å². The Kier molecular flexibility index (Phi) is 11.5. The maximum atomic E-state index is 9.82. The Bertz CT molecular complexity index is 3390. The molecule has 0 saturated heterocycles. The Hall–Kier alpha value is -8.52. The molecular weight excluding hydrogens is 825 g/mol. The number of allylic oxidation sites excluding steroid dienone is 3. The second-order valence-electron chi connectivity index (χ2n) is 17.9. The Labute approximate surface area is 400 Å². The normalized spacial score (nSPS) is 14.4. The predicted molar refractivity (Wildman–Crippen MR) is 284 cm³/mol. The summed E-state index contributed by atoms with van der Waals surface area (Å²) in [5, 5.41) is 9.82. The third kappa shape index (κ3) is 7.49. The summed E-state index contributed by atoms with van der Waals surface area (Å²) in [5.74, 6) is 0.992. The van der Waals surface area contributed by atoms with E-state index in [1.807, 2.05) is 61.5 Å². The average molecular weight is 875 g/mol. The van der Waals surface area contributed by atoms with Gasteiger partial charge in [0.1, 0.15) is 0 Å². The van der Waals surface area contributed by atoms with Crippen molar-refractivity contribution in [3.05, 3.63) is 275 Å². The zero-order valence-electron chi connectivity index (χ0n) is 38.6. The molecule has 4 heteroatoms. The van der Waals surface area contributed by atoms with Gasteiger partial charge < -0.3 is 0 Å². The van der Waals surface area contributed by atoms with Crippen LogP contribution in [0, 0.1) is 11.3 Å². The molecule has 0 aromatic heterocycles. The summed E-state index contributed by atoms with van der Waals surface area (Å²) >= 11 is 0. The molecular formula is C64H50N4. The third-order valence-electron chi connectivity index (χ3n) is 13.7. The lowest BCUT2D eigenvalue weighted by molar-refractivity contribution is 0.660. The minimum Gasteiger partial charge on any atom is -0.261 e. The van der Waals surface area contributed by atoms with Crippen LogP contribution in [0.25, 0.3) is 44.5 Å². The number of aliphatic imine (C=N–C) groups is 3. The van der Waals surface area contributed by atoms with Crippen molar-refractivity contribution in [1.82, 2.24) is 0 Å². The standard InChI is InChI=1S/C64H50N4/c1-6-8-20-45(7-2)62(68-61(66-5)46-21-12-9-13-22-46)67-42-44-35-49(47-30-33-55-54-32-29-43(41-65)37-58(54)63(3,4)59(55)39-47)38-50(36-44)48-31-34-56-53-27-18-19-28-57(53)64(60(56)40-48,51-23-14-10-15-24-51)52-25-16-11-17-26-52/h6-40H,2,5,42H2,1,3-4H3/b8-6-,45-20+,67-62?,68-61?. The number of hydrogen-bond acceptors (Lipinski definition) is 2. The number of rotatable bonds is 10. The van der Waals surface area contributed by atoms with Crippen molar-refractivity contribution in [2.45, 2.75) is 38.1 Å². The van der Waals surface area contributed by atoms with Gasteiger partial charge in [-0.05, 0) is 140 Å². The Morgan fingerprint density at radius 1 is 0.588 bits per heavy atom. The van der Waals surface area contributed by atoms with Gasteiger partial charge in [0.25, 0.3) is 0 Å². The highest BCUT2D eigenvalue weighted by atomic mass is 15.0. The van der Waals surface area contributed by atoms with Crippen molar-refractivity contribution in [2.75, 3.05) is 0 Å². The first kappa shape index (κ1) is 43.4. The molecule has 0 saturated carbocycles. The van der Waals surface area contributed by atoms with Gasteiger partial charge in [-0.15, -0.1) is 0 Å². The van der Waals surface area contributed by atoms with Crippen molar-refractivity contribution in [1.29, 1.82) is 5.26 Å². The van der Waals surface area contributed by atoms with Crippen molar-refractivity contribution in [3.63, 3.8) is 0 Å². The number of hydrogen-bond donors (Lipinski definition) is 0. The van der Waals surface area contributed by atoms with E-state index in [2.05, 4.69) is 190 Å². The van der Waals surface area contributed by atoms with Gasteiger partial charge in [-0.1, -0.05) is 190 Å². The van der Waals surface area contributed by atoms with Gasteiger partial charge in [0.05, 0.1) is 23.6 Å². The van der Waals surface area contributed by atoms with E-state index in [1.165, 1.54) is 55.6 Å². The van der Waals surface area contributed by atoms with Crippen LogP contribution in [-0.4, -0.2) is 18.4 Å². The van der Waals surface area contributed by atoms with E-state index in [4.69, 9.17) is 9.98 Å². The second kappa shape index (κ2) is 18.0. The minimum atomic E-state index is -0.538. The lowest BCUT2D eigenvalue weighted by Crippen LogP contribution is -2.28. The summed E-state index contributed by atoms with van der Waals surface area (Å²) in [6.45, 7) is 14.9. The van der Waals surface area contributed by atoms with Crippen LogP contribution in [0.2, 0.25) is 0 Å². The van der Waals surface area contributed by atoms with Crippen LogP contribution in [0.5, 0.6) is 0 Å². The molecule has 2 aliphatic rings. The van der Waals surface area contributed by atoms with E-state index in [0.717, 1.165) is 39.0 Å². The molecule has 0 radical (unpaired) electrons. The van der Waals surface area contributed by atoms with Crippen molar-refractivity contribution in [3.8, 4) is 50.6 Å². The van der Waals surface area contributed by atoms with Crippen LogP contribution < -0.4 is 0 Å². The summed E-state index contributed by atoms with van der Waals surface area (Å²) in [6, 6.07) is 69.7. The Morgan fingerprint density at radius 2 is 1.13 bits per heavy atom. The van der Waals surface area contributed by atoms with Gasteiger partial charge in [-0.25, -0.2) is 9.98 Å². The van der Waals surface area contributed by atoms with Crippen molar-refractivity contribution < 1.29 is 0 Å². The van der Waals surface area contributed by atoms with E-state index < -0.39 is 5.41 Å². The summed E-state index contributed by atoms with van der Waals surface area (Å²) in [7, 11) is 0. The first-order valence-electron chi connectivity index (χ1n) is 23.1. The van der Waals surface area contributed by atoms with Crippen LogP contribution in [-0.2, 0) is 17.4 Å². The van der Waals surface area contributed by atoms with Gasteiger partial charge in [0, 0.05) is 16.6 Å². The molecule has 0 atom stereocenters. The van der Waals surface area contributed by atoms with Gasteiger partial charge in [0.15, 0.2) is 11.7 Å². The monoisotopic (exact) mass is 874 g/mol. The van der Waals surface area contributed by atoms with E-state index in [9.17, 15) is 5.26 Å². The van der Waals surface area contributed by atoms with E-state index >= 15 is 0 Å². The molecule has 8 aromatic rings. The molecule has 0 heterocycles. The number of nitrogens with zero attached hydrogens (tertiary/aromatic N) is 4. The number of amidine groups is 2. The molecule has 4 nitrogen and oxygen atoms in total. The predicted octanol–water partition coefficient (Wildman–Crippen LogP) is 15.3. The van der Waals surface area contributed by atoms with Crippen LogP contribution in [0.15, 0.2) is 239 Å². The molecule has 0 unspecified atom stereocenters. The molecule has 0 amide bonds. The highest BCUT2D eigenvalue weighted by Crippen LogP contribution is 2.57. The Morgan fingerprint density at radius 3 is 1.74 bits per heavy atom. The van der Waals surface area contributed by atoms with Crippen LogP contribution in [0.1, 0.15) is 70.8 Å². The molecule has 0 fully saturated rings. The topological polar surface area (TPSA) is 60.9 Å². The van der Waals surface area contributed by atoms with Crippen molar-refractivity contribution >= 4 is 18.4 Å². The first-order chi connectivity index (χ1) is 33.3. The fraction of sp³-hybridized carbons (Fsp3) is 0.0938. The van der Waals surface area contributed by atoms with Crippen LogP contribution >= 0.6 is 0 Å². The summed E-state index contributed by atoms with van der Waals surface area (Å²) in [6.07, 6.45) is 7.70. The smallest absolute Gasteiger partial charge is 0.161 e. The SMILES string of the molecule is C=C/C(=C\C=C/C)C(=NCc1cc(-c2ccc3c(c2)C(C)(C)c2cc(C#N)ccc2-3)cc(-c2ccc3c(c2)C(c2ccccc2)(c2ccccc2)c2ccccc2-3)c1)N=C(N=C)c1ccccc1. The summed E-state index contributed by atoms with van der Waals surface area (Å²) < 4.78 is 0. The van der Waals surface area contributed by atoms with Gasteiger partial charge in [-0.2, -0.15) is 5.26 Å². The first-order valence-corrected chi connectivity index (χ1v) is 23.1. The van der Waals surface area contributed by atoms with E-state index in [-0.39, 0.29) is 5.41 Å². The number of nitriles is 1. The molecule has 10 rings (SSSR count). The molecule has 0 bridgehead atoms. The zero-order chi connectivity index (χ0) is 46.8. The fourth-order valence-electron chi connectivity index (χ4n) is 10.4. The largest absolute Gasteiger partial charge is 0.261 e. The number of benzene rings is 8. The molecule has 68 heavy (non-hydrogen) atoms. The zero-order valence-corrected chi connectivity index (χ0v) is 38.6. The third-order valence-corrected chi connectivity index (χ3v) is 13.7.